The molecule has 0 saturated carbocycles. The minimum absolute atomic E-state index is 0.154. The Kier molecular flexibility index (Phi) is 7.22. The molecule has 2 aliphatic heterocycles. The molecule has 3 aromatic rings. The van der Waals surface area contributed by atoms with E-state index in [9.17, 15) is 8.42 Å². The maximum absolute atomic E-state index is 11.9. The van der Waals surface area contributed by atoms with Gasteiger partial charge in [0.1, 0.15) is 5.75 Å². The molecule has 2 unspecified atom stereocenters. The Labute approximate surface area is 246 Å². The van der Waals surface area contributed by atoms with Crippen LogP contribution in [0.4, 0.5) is 17.1 Å². The van der Waals surface area contributed by atoms with Crippen LogP contribution in [0.2, 0.25) is 5.02 Å². The Balaban J connectivity index is 1.68. The van der Waals surface area contributed by atoms with Crippen molar-refractivity contribution < 1.29 is 13.2 Å². The summed E-state index contributed by atoms with van der Waals surface area (Å²) in [6.07, 6.45) is 5.12. The fourth-order valence-corrected chi connectivity index (χ4v) is 6.66. The van der Waals surface area contributed by atoms with Gasteiger partial charge in [0, 0.05) is 41.3 Å². The Morgan fingerprint density at radius 3 is 2.58 bits per heavy atom. The molecule has 40 heavy (non-hydrogen) atoms. The quantitative estimate of drug-likeness (QED) is 0.339. The Morgan fingerprint density at radius 2 is 1.93 bits per heavy atom. The number of nitrogens with one attached hydrogen (secondary N) is 2. The van der Waals surface area contributed by atoms with Gasteiger partial charge in [0.05, 0.1) is 42.4 Å². The van der Waals surface area contributed by atoms with Gasteiger partial charge in [-0.1, -0.05) is 23.7 Å². The molecular formula is C29H32ClN5O3S2. The molecule has 11 heteroatoms. The lowest BCUT2D eigenvalue weighted by Crippen LogP contribution is -2.42. The molecule has 1 saturated heterocycles. The zero-order chi connectivity index (χ0) is 29.0. The van der Waals surface area contributed by atoms with E-state index in [1.165, 1.54) is 12.7 Å². The second kappa shape index (κ2) is 10.2. The van der Waals surface area contributed by atoms with Gasteiger partial charge in [-0.05, 0) is 80.5 Å². The minimum atomic E-state index is -3.50. The second-order valence-electron chi connectivity index (χ2n) is 10.7. The fraction of sp³-hybridized carbons (Fsp3) is 0.310. The molecule has 3 heterocycles. The van der Waals surface area contributed by atoms with Crippen LogP contribution in [-0.2, 0) is 10.0 Å². The maximum Gasteiger partial charge on any atom is 0.229 e. The Bertz CT molecular complexity index is 1630. The van der Waals surface area contributed by atoms with Crippen LogP contribution in [0, 0.1) is 0 Å². The van der Waals surface area contributed by atoms with Gasteiger partial charge in [0.15, 0.2) is 5.11 Å². The van der Waals surface area contributed by atoms with Gasteiger partial charge in [-0.3, -0.25) is 9.71 Å². The molecule has 0 aliphatic carbocycles. The smallest absolute Gasteiger partial charge is 0.229 e. The number of hydrogen-bond acceptors (Lipinski definition) is 6. The summed E-state index contributed by atoms with van der Waals surface area (Å²) in [6, 6.07) is 14.5. The van der Waals surface area contributed by atoms with Gasteiger partial charge in [-0.25, -0.2) is 8.42 Å². The number of ether oxygens (including phenoxy) is 1. The van der Waals surface area contributed by atoms with Crippen LogP contribution < -0.4 is 24.6 Å². The van der Waals surface area contributed by atoms with Crippen molar-refractivity contribution in [3.8, 4) is 5.75 Å². The highest BCUT2D eigenvalue weighted by molar-refractivity contribution is 7.92. The Hall–Kier alpha value is -3.34. The molecule has 1 aromatic heterocycles. The zero-order valence-corrected chi connectivity index (χ0v) is 25.6. The number of pyridine rings is 1. The van der Waals surface area contributed by atoms with Crippen molar-refractivity contribution in [2.45, 2.75) is 38.4 Å². The summed E-state index contributed by atoms with van der Waals surface area (Å²) >= 11 is 13.0. The number of allylic oxidation sites excluding steroid dienone is 1. The van der Waals surface area contributed by atoms with Gasteiger partial charge < -0.3 is 19.9 Å². The minimum Gasteiger partial charge on any atom is -0.494 e. The molecule has 8 nitrogen and oxygen atoms in total. The van der Waals surface area contributed by atoms with Crippen molar-refractivity contribution in [2.75, 3.05) is 34.9 Å². The van der Waals surface area contributed by atoms with Crippen molar-refractivity contribution in [3.63, 3.8) is 0 Å². The first-order valence-electron chi connectivity index (χ1n) is 12.7. The van der Waals surface area contributed by atoms with Crippen molar-refractivity contribution in [3.05, 3.63) is 82.6 Å². The van der Waals surface area contributed by atoms with Crippen molar-refractivity contribution in [1.29, 1.82) is 0 Å². The number of halogens is 1. The van der Waals surface area contributed by atoms with Gasteiger partial charge in [0.25, 0.3) is 0 Å². The highest BCUT2D eigenvalue weighted by Crippen LogP contribution is 2.48. The van der Waals surface area contributed by atoms with Gasteiger partial charge in [-0.2, -0.15) is 0 Å². The van der Waals surface area contributed by atoms with Crippen LogP contribution >= 0.6 is 23.8 Å². The summed E-state index contributed by atoms with van der Waals surface area (Å²) < 4.78 is 31.9. The molecule has 210 valence electrons. The van der Waals surface area contributed by atoms with E-state index in [0.29, 0.717) is 21.6 Å². The molecule has 2 N–H and O–H groups in total. The normalized spacial score (nSPS) is 20.1. The number of aromatic nitrogens is 1. The van der Waals surface area contributed by atoms with Gasteiger partial charge in [0.2, 0.25) is 10.0 Å². The topological polar surface area (TPSA) is 86.8 Å². The molecule has 5 rings (SSSR count). The van der Waals surface area contributed by atoms with E-state index in [4.69, 9.17) is 28.6 Å². The first-order valence-corrected chi connectivity index (χ1v) is 15.4. The van der Waals surface area contributed by atoms with Crippen LogP contribution in [0.25, 0.3) is 5.57 Å². The van der Waals surface area contributed by atoms with Crippen molar-refractivity contribution in [1.82, 2.24) is 10.3 Å². The molecule has 1 fully saturated rings. The predicted octanol–water partition coefficient (Wildman–Crippen LogP) is 5.92. The number of likely N-dealkylation sites (N-methyl/N-ethyl adjacent to an activating group) is 1. The standard InChI is InChI=1S/C29H32ClN5O3S2/c1-17-16-29(2,3)34(4)24-15-21(30)20(14-19(17)24)27-26(23-9-7-8-12-31-23)32-28(39)35(27)18-10-11-22(25(13-18)38-5)33-40(6,36)37/h7-16,26-27,33H,1-6H3,(H,32,39). The largest absolute Gasteiger partial charge is 0.494 e. The SMILES string of the molecule is COc1cc(N2C(=S)NC(c3ccccn3)C2c2cc3c(cc2Cl)N(C)C(C)(C)C=C3C)ccc1NS(C)(=O)=O. The fourth-order valence-electron chi connectivity index (χ4n) is 5.48. The van der Waals surface area contributed by atoms with Crippen LogP contribution in [-0.4, -0.2) is 44.5 Å². The number of thiocarbonyl (C=S) groups is 1. The molecule has 0 spiro atoms. The lowest BCUT2D eigenvalue weighted by atomic mass is 9.86. The van der Waals surface area contributed by atoms with Crippen LogP contribution in [0.15, 0.2) is 60.8 Å². The lowest BCUT2D eigenvalue weighted by Gasteiger charge is -2.41. The number of methoxy groups -OCH3 is 1. The molecule has 2 atom stereocenters. The first kappa shape index (κ1) is 28.2. The van der Waals surface area contributed by atoms with Crippen molar-refractivity contribution in [2.24, 2.45) is 0 Å². The first-order chi connectivity index (χ1) is 18.8. The second-order valence-corrected chi connectivity index (χ2v) is 13.2. The zero-order valence-electron chi connectivity index (χ0n) is 23.2. The molecule has 0 amide bonds. The summed E-state index contributed by atoms with van der Waals surface area (Å²) in [6.45, 7) is 6.47. The monoisotopic (exact) mass is 597 g/mol. The van der Waals surface area contributed by atoms with E-state index in [0.717, 1.165) is 34.5 Å². The number of anilines is 3. The lowest BCUT2D eigenvalue weighted by molar-refractivity contribution is 0.417. The van der Waals surface area contributed by atoms with Crippen LogP contribution in [0.1, 0.15) is 49.7 Å². The summed E-state index contributed by atoms with van der Waals surface area (Å²) in [4.78, 5) is 8.86. The van der Waals surface area contributed by atoms with E-state index < -0.39 is 10.0 Å². The predicted molar refractivity (Wildman–Crippen MR) is 167 cm³/mol. The third kappa shape index (κ3) is 5.11. The number of hydrogen-bond donors (Lipinski definition) is 2. The molecular weight excluding hydrogens is 566 g/mol. The average molecular weight is 598 g/mol. The van der Waals surface area contributed by atoms with E-state index in [1.807, 2.05) is 35.2 Å². The average Bonchev–Trinajstić information content (AvgIpc) is 3.23. The van der Waals surface area contributed by atoms with E-state index in [-0.39, 0.29) is 17.6 Å². The number of sulfonamides is 1. The molecule has 0 bridgehead atoms. The number of nitrogens with zero attached hydrogens (tertiary/aromatic N) is 3. The third-order valence-electron chi connectivity index (χ3n) is 7.51. The third-order valence-corrected chi connectivity index (χ3v) is 8.74. The van der Waals surface area contributed by atoms with Gasteiger partial charge >= 0.3 is 0 Å². The summed E-state index contributed by atoms with van der Waals surface area (Å²) in [7, 11) is 0.0693. The van der Waals surface area contributed by atoms with Crippen LogP contribution in [0.5, 0.6) is 5.75 Å². The maximum atomic E-state index is 11.9. The Morgan fingerprint density at radius 1 is 1.18 bits per heavy atom. The van der Waals surface area contributed by atoms with Gasteiger partial charge in [-0.15, -0.1) is 0 Å². The van der Waals surface area contributed by atoms with Crippen LogP contribution in [0.3, 0.4) is 0 Å². The number of benzene rings is 2. The van der Waals surface area contributed by atoms with Crippen molar-refractivity contribution >= 4 is 61.6 Å². The molecule has 2 aromatic carbocycles. The number of fused-ring (bicyclic) bond motifs is 1. The summed E-state index contributed by atoms with van der Waals surface area (Å²) in [5.41, 5.74) is 5.94. The van der Waals surface area contributed by atoms with E-state index >= 15 is 0 Å². The highest BCUT2D eigenvalue weighted by atomic mass is 35.5. The summed E-state index contributed by atoms with van der Waals surface area (Å²) in [5, 5.41) is 4.56. The summed E-state index contributed by atoms with van der Waals surface area (Å²) in [5.74, 6) is 0.366. The van der Waals surface area contributed by atoms with E-state index in [1.54, 1.807) is 18.3 Å². The van der Waals surface area contributed by atoms with E-state index in [2.05, 4.69) is 59.9 Å². The number of rotatable bonds is 6. The molecule has 2 aliphatic rings. The highest BCUT2D eigenvalue weighted by Gasteiger charge is 2.43. The molecule has 0 radical (unpaired) electrons.